The van der Waals surface area contributed by atoms with Crippen molar-refractivity contribution in [3.05, 3.63) is 89.8 Å². The Hall–Kier alpha value is -3.55. The quantitative estimate of drug-likeness (QED) is 0.358. The third-order valence-corrected chi connectivity index (χ3v) is 4.78. The lowest BCUT2D eigenvalue weighted by molar-refractivity contribution is 0.115. The van der Waals surface area contributed by atoms with Gasteiger partial charge in [-0.2, -0.15) is 4.98 Å². The molecule has 0 saturated heterocycles. The molecule has 0 saturated carbocycles. The highest BCUT2D eigenvalue weighted by atomic mass is 35.5. The van der Waals surface area contributed by atoms with Crippen molar-refractivity contribution in [2.24, 2.45) is 0 Å². The van der Waals surface area contributed by atoms with Gasteiger partial charge in [0.15, 0.2) is 5.82 Å². The van der Waals surface area contributed by atoms with Crippen molar-refractivity contribution >= 4 is 29.1 Å². The van der Waals surface area contributed by atoms with Crippen LogP contribution in [-0.2, 0) is 11.3 Å². The smallest absolute Gasteiger partial charge is 0.230 e. The first-order chi connectivity index (χ1) is 15.7. The lowest BCUT2D eigenvalue weighted by Crippen LogP contribution is -2.22. The maximum absolute atomic E-state index is 6.04. The van der Waals surface area contributed by atoms with Crippen LogP contribution in [0.5, 0.6) is 0 Å². The number of pyridine rings is 1. The van der Waals surface area contributed by atoms with Crippen molar-refractivity contribution in [2.45, 2.75) is 19.6 Å². The summed E-state index contributed by atoms with van der Waals surface area (Å²) in [5.41, 5.74) is 2.78. The summed E-state index contributed by atoms with van der Waals surface area (Å²) in [4.78, 5) is 17.4. The predicted octanol–water partition coefficient (Wildman–Crippen LogP) is 5.35. The number of ether oxygens (including phenoxy) is 1. The lowest BCUT2D eigenvalue weighted by atomic mass is 10.2. The molecule has 2 heterocycles. The van der Waals surface area contributed by atoms with E-state index < -0.39 is 0 Å². The van der Waals surface area contributed by atoms with E-state index in [1.165, 1.54) is 6.33 Å². The fourth-order valence-electron chi connectivity index (χ4n) is 3.06. The number of hydrogen-bond donors (Lipinski definition) is 2. The molecular weight excluding hydrogens is 424 g/mol. The fraction of sp³-hybridized carbons (Fsp3) is 0.167. The second kappa shape index (κ2) is 10.7. The summed E-state index contributed by atoms with van der Waals surface area (Å²) in [7, 11) is 0. The van der Waals surface area contributed by atoms with Crippen LogP contribution in [0, 0.1) is 0 Å². The van der Waals surface area contributed by atoms with Crippen LogP contribution < -0.4 is 10.6 Å². The highest BCUT2D eigenvalue weighted by molar-refractivity contribution is 6.30. The highest BCUT2D eigenvalue weighted by Gasteiger charge is 2.08. The van der Waals surface area contributed by atoms with Crippen LogP contribution in [0.2, 0.25) is 5.02 Å². The Labute approximate surface area is 191 Å². The second-order valence-electron chi connectivity index (χ2n) is 7.24. The molecule has 4 aromatic rings. The zero-order chi connectivity index (χ0) is 22.2. The largest absolute Gasteiger partial charge is 0.375 e. The van der Waals surface area contributed by atoms with Gasteiger partial charge in [-0.15, -0.1) is 0 Å². The van der Waals surface area contributed by atoms with E-state index in [-0.39, 0.29) is 6.04 Å². The Morgan fingerprint density at radius 1 is 0.969 bits per heavy atom. The summed E-state index contributed by atoms with van der Waals surface area (Å²) >= 11 is 6.04. The van der Waals surface area contributed by atoms with E-state index in [1.54, 1.807) is 12.3 Å². The van der Waals surface area contributed by atoms with Gasteiger partial charge in [0, 0.05) is 28.5 Å². The number of nitrogens with zero attached hydrogens (tertiary/aromatic N) is 4. The van der Waals surface area contributed by atoms with E-state index >= 15 is 0 Å². The van der Waals surface area contributed by atoms with E-state index in [4.69, 9.17) is 16.3 Å². The maximum Gasteiger partial charge on any atom is 0.230 e. The van der Waals surface area contributed by atoms with Gasteiger partial charge in [-0.3, -0.25) is 0 Å². The Bertz CT molecular complexity index is 1160. The fourth-order valence-corrected chi connectivity index (χ4v) is 3.25. The van der Waals surface area contributed by atoms with Crippen LogP contribution in [0.1, 0.15) is 12.5 Å². The van der Waals surface area contributed by atoms with Crippen LogP contribution in [0.4, 0.5) is 17.5 Å². The topological polar surface area (TPSA) is 84.9 Å². The standard InChI is InChI=1S/C24H23ClN6O/c1-17(14-32-15-18-6-3-2-4-7-18)29-22-12-19(10-11-26-22)23-27-16-28-24(31-23)30-21-9-5-8-20(25)13-21/h2-13,16-17H,14-15H2,1H3,(H,26,29)(H,27,28,30,31). The minimum Gasteiger partial charge on any atom is -0.375 e. The third-order valence-electron chi connectivity index (χ3n) is 4.54. The SMILES string of the molecule is CC(COCc1ccccc1)Nc1cc(-c2ncnc(Nc3cccc(Cl)c3)n2)ccn1. The Morgan fingerprint density at radius 3 is 2.69 bits per heavy atom. The van der Waals surface area contributed by atoms with Crippen molar-refractivity contribution in [1.82, 2.24) is 19.9 Å². The van der Waals surface area contributed by atoms with Crippen molar-refractivity contribution in [2.75, 3.05) is 17.2 Å². The number of halogens is 1. The minimum absolute atomic E-state index is 0.0832. The van der Waals surface area contributed by atoms with Crippen molar-refractivity contribution in [1.29, 1.82) is 0 Å². The molecule has 0 aliphatic heterocycles. The van der Waals surface area contributed by atoms with Crippen LogP contribution >= 0.6 is 11.6 Å². The van der Waals surface area contributed by atoms with E-state index in [0.717, 1.165) is 22.6 Å². The van der Waals surface area contributed by atoms with E-state index in [9.17, 15) is 0 Å². The number of hydrogen-bond acceptors (Lipinski definition) is 7. The second-order valence-corrected chi connectivity index (χ2v) is 7.68. The van der Waals surface area contributed by atoms with Gasteiger partial charge in [-0.1, -0.05) is 48.0 Å². The number of aromatic nitrogens is 4. The molecule has 4 rings (SSSR count). The Balaban J connectivity index is 1.38. The summed E-state index contributed by atoms with van der Waals surface area (Å²) in [6, 6.07) is 21.3. The summed E-state index contributed by atoms with van der Waals surface area (Å²) < 4.78 is 5.81. The van der Waals surface area contributed by atoms with Gasteiger partial charge in [0.05, 0.1) is 13.2 Å². The van der Waals surface area contributed by atoms with Gasteiger partial charge in [0.2, 0.25) is 5.95 Å². The molecule has 162 valence electrons. The molecule has 7 nitrogen and oxygen atoms in total. The molecule has 1 atom stereocenters. The van der Waals surface area contributed by atoms with E-state index in [0.29, 0.717) is 30.0 Å². The van der Waals surface area contributed by atoms with Gasteiger partial charge in [-0.25, -0.2) is 15.0 Å². The van der Waals surface area contributed by atoms with E-state index in [2.05, 4.69) is 37.5 Å². The molecule has 1 unspecified atom stereocenters. The molecule has 0 bridgehead atoms. The zero-order valence-corrected chi connectivity index (χ0v) is 18.3. The minimum atomic E-state index is 0.0832. The molecule has 2 N–H and O–H groups in total. The normalized spacial score (nSPS) is 11.7. The first kappa shape index (κ1) is 21.7. The zero-order valence-electron chi connectivity index (χ0n) is 17.6. The van der Waals surface area contributed by atoms with Crippen molar-refractivity contribution < 1.29 is 4.74 Å². The molecule has 8 heteroatoms. The number of nitrogens with one attached hydrogen (secondary N) is 2. The Kier molecular flexibility index (Phi) is 7.22. The summed E-state index contributed by atoms with van der Waals surface area (Å²) in [6.45, 7) is 3.18. The van der Waals surface area contributed by atoms with Gasteiger partial charge >= 0.3 is 0 Å². The molecule has 0 spiro atoms. The average Bonchev–Trinajstić information content (AvgIpc) is 2.80. The van der Waals surface area contributed by atoms with E-state index in [1.807, 2.05) is 60.7 Å². The molecule has 0 amide bonds. The Morgan fingerprint density at radius 2 is 1.84 bits per heavy atom. The van der Waals surface area contributed by atoms with Crippen LogP contribution in [0.15, 0.2) is 79.3 Å². The summed E-state index contributed by atoms with van der Waals surface area (Å²) in [6.07, 6.45) is 3.20. The van der Waals surface area contributed by atoms with Crippen molar-refractivity contribution in [3.63, 3.8) is 0 Å². The third kappa shape index (κ3) is 6.23. The van der Waals surface area contributed by atoms with Crippen molar-refractivity contribution in [3.8, 4) is 11.4 Å². The number of rotatable bonds is 9. The molecule has 0 aliphatic carbocycles. The van der Waals surface area contributed by atoms with Gasteiger partial charge in [0.25, 0.3) is 0 Å². The maximum atomic E-state index is 6.04. The first-order valence-electron chi connectivity index (χ1n) is 10.2. The van der Waals surface area contributed by atoms with Gasteiger partial charge < -0.3 is 15.4 Å². The summed E-state index contributed by atoms with van der Waals surface area (Å²) in [5, 5.41) is 7.14. The molecular formula is C24H23ClN6O. The molecule has 0 aliphatic rings. The molecule has 0 radical (unpaired) electrons. The molecule has 2 aromatic carbocycles. The monoisotopic (exact) mass is 446 g/mol. The highest BCUT2D eigenvalue weighted by Crippen LogP contribution is 2.21. The first-order valence-corrected chi connectivity index (χ1v) is 10.6. The summed E-state index contributed by atoms with van der Waals surface area (Å²) in [5.74, 6) is 1.71. The molecule has 0 fully saturated rings. The van der Waals surface area contributed by atoms with Crippen LogP contribution in [0.25, 0.3) is 11.4 Å². The average molecular weight is 447 g/mol. The predicted molar refractivity (Wildman–Crippen MR) is 127 cm³/mol. The van der Waals surface area contributed by atoms with Gasteiger partial charge in [0.1, 0.15) is 12.1 Å². The molecule has 2 aromatic heterocycles. The van der Waals surface area contributed by atoms with Crippen LogP contribution in [0.3, 0.4) is 0 Å². The molecule has 32 heavy (non-hydrogen) atoms. The van der Waals surface area contributed by atoms with Gasteiger partial charge in [-0.05, 0) is 42.8 Å². The lowest BCUT2D eigenvalue weighted by Gasteiger charge is -2.15. The van der Waals surface area contributed by atoms with Crippen LogP contribution in [-0.4, -0.2) is 32.6 Å². The number of benzene rings is 2. The number of anilines is 3.